The van der Waals surface area contributed by atoms with Crippen LogP contribution in [0.2, 0.25) is 0 Å². The molecule has 4 heteroatoms. The zero-order valence-electron chi connectivity index (χ0n) is 29.6. The average molecular weight is 705 g/mol. The molecule has 8 bridgehead atoms. The molecular formula is C48H36N2S2. The molecule has 250 valence electrons. The highest BCUT2D eigenvalue weighted by Gasteiger charge is 2.19. The lowest BCUT2D eigenvalue weighted by Crippen LogP contribution is -1.87. The lowest BCUT2D eigenvalue weighted by molar-refractivity contribution is 1.32. The molecule has 3 aromatic heterocycles. The van der Waals surface area contributed by atoms with Crippen molar-refractivity contribution in [2.75, 3.05) is 0 Å². The normalized spacial score (nSPS) is 12.1. The van der Waals surface area contributed by atoms with E-state index in [2.05, 4.69) is 173 Å². The summed E-state index contributed by atoms with van der Waals surface area (Å²) >= 11 is 3.61. The summed E-state index contributed by atoms with van der Waals surface area (Å²) in [5, 5.41) is 0. The van der Waals surface area contributed by atoms with Crippen molar-refractivity contribution in [2.24, 2.45) is 0 Å². The van der Waals surface area contributed by atoms with Gasteiger partial charge in [-0.25, -0.2) is 9.97 Å². The van der Waals surface area contributed by atoms with Gasteiger partial charge in [0.05, 0.1) is 22.8 Å². The Hall–Kier alpha value is -5.68. The van der Waals surface area contributed by atoms with Crippen LogP contribution >= 0.6 is 22.7 Å². The zero-order chi connectivity index (χ0) is 35.3. The minimum Gasteiger partial charge on any atom is -0.248 e. The molecule has 0 unspecified atom stereocenters. The van der Waals surface area contributed by atoms with Gasteiger partial charge in [0, 0.05) is 41.1 Å². The highest BCUT2D eigenvalue weighted by atomic mass is 32.1. The van der Waals surface area contributed by atoms with E-state index in [0.29, 0.717) is 0 Å². The minimum absolute atomic E-state index is 0.971. The maximum Gasteiger partial charge on any atom is 0.0730 e. The molecule has 2 nitrogen and oxygen atoms in total. The molecular weight excluding hydrogens is 669 g/mol. The van der Waals surface area contributed by atoms with Gasteiger partial charge in [0.25, 0.3) is 0 Å². The Labute approximate surface area is 312 Å². The van der Waals surface area contributed by atoms with Gasteiger partial charge in [0.1, 0.15) is 0 Å². The number of aryl methyl sites for hydroxylation is 4. The van der Waals surface area contributed by atoms with Crippen molar-refractivity contribution in [2.45, 2.75) is 27.7 Å². The van der Waals surface area contributed by atoms with Crippen molar-refractivity contribution in [1.29, 1.82) is 0 Å². The van der Waals surface area contributed by atoms with Gasteiger partial charge in [-0.2, -0.15) is 0 Å². The lowest BCUT2D eigenvalue weighted by Gasteiger charge is -2.07. The second-order valence-corrected chi connectivity index (χ2v) is 15.9. The molecule has 0 N–H and O–H groups in total. The Morgan fingerprint density at radius 1 is 0.288 bits per heavy atom. The molecule has 0 amide bonds. The highest BCUT2D eigenvalue weighted by Crippen LogP contribution is 2.43. The average Bonchev–Trinajstić information content (AvgIpc) is 3.99. The monoisotopic (exact) mass is 704 g/mol. The van der Waals surface area contributed by atoms with Gasteiger partial charge in [-0.1, -0.05) is 119 Å². The predicted molar refractivity (Wildman–Crippen MR) is 227 cm³/mol. The molecule has 9 rings (SSSR count). The lowest BCUT2D eigenvalue weighted by atomic mass is 10.0. The van der Waals surface area contributed by atoms with Gasteiger partial charge in [-0.15, -0.1) is 22.7 Å². The van der Waals surface area contributed by atoms with Crippen molar-refractivity contribution in [3.63, 3.8) is 0 Å². The number of rotatable bonds is 4. The summed E-state index contributed by atoms with van der Waals surface area (Å²) in [5.74, 6) is 0. The number of nitrogens with zero attached hydrogens (tertiary/aromatic N) is 2. The number of fused-ring (bicyclic) bond motifs is 8. The third-order valence-electron chi connectivity index (χ3n) is 9.86. The maximum atomic E-state index is 5.47. The first kappa shape index (κ1) is 32.2. The zero-order valence-corrected chi connectivity index (χ0v) is 31.2. The molecule has 7 aromatic rings. The van der Waals surface area contributed by atoms with Crippen LogP contribution in [0.4, 0.5) is 0 Å². The van der Waals surface area contributed by atoms with E-state index in [-0.39, 0.29) is 0 Å². The predicted octanol–water partition coefficient (Wildman–Crippen LogP) is 14.0. The first-order valence-electron chi connectivity index (χ1n) is 17.6. The summed E-state index contributed by atoms with van der Waals surface area (Å²) in [6.45, 7) is 8.55. The quantitative estimate of drug-likeness (QED) is 0.182. The molecule has 52 heavy (non-hydrogen) atoms. The molecule has 0 fully saturated rings. The minimum atomic E-state index is 0.971. The Morgan fingerprint density at radius 2 is 0.500 bits per heavy atom. The van der Waals surface area contributed by atoms with Crippen molar-refractivity contribution in [3.8, 4) is 44.5 Å². The van der Waals surface area contributed by atoms with Crippen LogP contribution in [-0.2, 0) is 0 Å². The SMILES string of the molecule is Cc1ccc(-c2c3nc(c(-c4ccc(C)cc4)c4ccc(s4)c(-c4ccc(C)cc4)c4nc(c(-c5ccc(C)cc5)c5ccc2s5)C=C4)C=C3)cc1. The fourth-order valence-electron chi connectivity index (χ4n) is 7.04. The molecule has 0 saturated carbocycles. The Kier molecular flexibility index (Phi) is 8.15. The second kappa shape index (κ2) is 13.1. The summed E-state index contributed by atoms with van der Waals surface area (Å²) in [6, 6.07) is 44.4. The van der Waals surface area contributed by atoms with Crippen molar-refractivity contribution in [3.05, 3.63) is 166 Å². The van der Waals surface area contributed by atoms with Crippen molar-refractivity contribution in [1.82, 2.24) is 9.97 Å². The Balaban J connectivity index is 1.47. The van der Waals surface area contributed by atoms with E-state index in [0.717, 1.165) is 67.3 Å². The van der Waals surface area contributed by atoms with E-state index in [9.17, 15) is 0 Å². The molecule has 2 aliphatic heterocycles. The van der Waals surface area contributed by atoms with Crippen LogP contribution in [-0.4, -0.2) is 9.97 Å². The molecule has 0 spiro atoms. The van der Waals surface area contributed by atoms with Crippen LogP contribution in [0.3, 0.4) is 0 Å². The number of thiophene rings is 2. The highest BCUT2D eigenvalue weighted by molar-refractivity contribution is 7.24. The standard InChI is InChI=1S/C48H36N2S2/c1-29-5-13-33(14-6-29)45-37-21-22-38(49-37)46(34-15-7-30(2)8-16-34)43-27-28-44(52-43)48(36-19-11-32(4)12-20-36)40-24-23-39(50-40)47(42-26-25-41(45)51-42)35-17-9-31(3)10-18-35/h5-28H,1-4H3. The third kappa shape index (κ3) is 5.94. The van der Waals surface area contributed by atoms with Crippen LogP contribution < -0.4 is 0 Å². The van der Waals surface area contributed by atoms with Gasteiger partial charge < -0.3 is 0 Å². The van der Waals surface area contributed by atoms with E-state index in [1.165, 1.54) is 41.1 Å². The van der Waals surface area contributed by atoms with Crippen LogP contribution in [0.15, 0.2) is 121 Å². The first-order chi connectivity index (χ1) is 25.4. The van der Waals surface area contributed by atoms with Crippen LogP contribution in [0.5, 0.6) is 0 Å². The Morgan fingerprint density at radius 3 is 0.712 bits per heavy atom. The first-order valence-corrected chi connectivity index (χ1v) is 19.3. The molecule has 0 saturated heterocycles. The van der Waals surface area contributed by atoms with Gasteiger partial charge in [-0.3, -0.25) is 0 Å². The van der Waals surface area contributed by atoms with Gasteiger partial charge in [-0.05, 0) is 98.5 Å². The number of aromatic nitrogens is 2. The molecule has 0 atom stereocenters. The summed E-state index contributed by atoms with van der Waals surface area (Å²) in [4.78, 5) is 10.9. The fraction of sp³-hybridized carbons (Fsp3) is 0.0833. The molecule has 2 aliphatic rings. The molecule has 5 heterocycles. The second-order valence-electron chi connectivity index (χ2n) is 13.7. The van der Waals surface area contributed by atoms with Gasteiger partial charge >= 0.3 is 0 Å². The van der Waals surface area contributed by atoms with Crippen molar-refractivity contribution < 1.29 is 0 Å². The van der Waals surface area contributed by atoms with E-state index in [1.54, 1.807) is 22.7 Å². The third-order valence-corrected chi connectivity index (χ3v) is 12.1. The maximum absolute atomic E-state index is 5.47. The van der Waals surface area contributed by atoms with Crippen LogP contribution in [0, 0.1) is 27.7 Å². The topological polar surface area (TPSA) is 25.8 Å². The molecule has 4 aromatic carbocycles. The van der Waals surface area contributed by atoms with E-state index >= 15 is 0 Å². The van der Waals surface area contributed by atoms with Gasteiger partial charge in [0.2, 0.25) is 0 Å². The molecule has 0 radical (unpaired) electrons. The fourth-order valence-corrected chi connectivity index (χ4v) is 9.36. The van der Waals surface area contributed by atoms with E-state index in [1.807, 2.05) is 0 Å². The summed E-state index contributed by atoms with van der Waals surface area (Å²) in [7, 11) is 0. The van der Waals surface area contributed by atoms with Crippen molar-refractivity contribution >= 4 is 65.8 Å². The number of benzene rings is 4. The number of hydrogen-bond donors (Lipinski definition) is 0. The van der Waals surface area contributed by atoms with Crippen LogP contribution in [0.25, 0.3) is 87.6 Å². The summed E-state index contributed by atoms with van der Waals surface area (Å²) < 4.78 is 4.70. The van der Waals surface area contributed by atoms with Gasteiger partial charge in [0.15, 0.2) is 0 Å². The summed E-state index contributed by atoms with van der Waals surface area (Å²) in [5.41, 5.74) is 18.0. The van der Waals surface area contributed by atoms with Crippen LogP contribution in [0.1, 0.15) is 45.0 Å². The van der Waals surface area contributed by atoms with E-state index in [4.69, 9.17) is 9.97 Å². The summed E-state index contributed by atoms with van der Waals surface area (Å²) in [6.07, 6.45) is 8.79. The number of hydrogen-bond acceptors (Lipinski definition) is 4. The Bertz CT molecular complexity index is 2350. The molecule has 0 aliphatic carbocycles. The smallest absolute Gasteiger partial charge is 0.0730 e. The van der Waals surface area contributed by atoms with E-state index < -0.39 is 0 Å². The largest absolute Gasteiger partial charge is 0.248 e.